The maximum absolute atomic E-state index is 10.4. The molecular formula is C11H13BrO4. The van der Waals surface area contributed by atoms with Gasteiger partial charge in [-0.2, -0.15) is 0 Å². The number of halogens is 1. The smallest absolute Gasteiger partial charge is 0.306 e. The lowest BCUT2D eigenvalue weighted by molar-refractivity contribution is -0.143. The van der Waals surface area contributed by atoms with Gasteiger partial charge in [0.15, 0.2) is 0 Å². The van der Waals surface area contributed by atoms with Crippen LogP contribution in [0.3, 0.4) is 0 Å². The molecule has 0 heterocycles. The molecule has 0 amide bonds. The van der Waals surface area contributed by atoms with E-state index in [1.165, 1.54) is 6.92 Å². The van der Waals surface area contributed by atoms with Crippen LogP contribution in [-0.4, -0.2) is 28.4 Å². The molecule has 0 fully saturated rings. The summed E-state index contributed by atoms with van der Waals surface area (Å²) in [4.78, 5) is 10.4. The molecular weight excluding hydrogens is 276 g/mol. The zero-order valence-electron chi connectivity index (χ0n) is 8.81. The van der Waals surface area contributed by atoms with Crippen LogP contribution in [0.4, 0.5) is 0 Å². The van der Waals surface area contributed by atoms with Crippen molar-refractivity contribution in [1.82, 2.24) is 0 Å². The highest BCUT2D eigenvalue weighted by atomic mass is 79.9. The van der Waals surface area contributed by atoms with Crippen molar-refractivity contribution >= 4 is 21.9 Å². The van der Waals surface area contributed by atoms with Crippen LogP contribution in [0.2, 0.25) is 0 Å². The Morgan fingerprint density at radius 2 is 2.00 bits per heavy atom. The van der Waals surface area contributed by atoms with Gasteiger partial charge in [0, 0.05) is 4.47 Å². The van der Waals surface area contributed by atoms with Gasteiger partial charge >= 0.3 is 5.97 Å². The van der Waals surface area contributed by atoms with Gasteiger partial charge in [0.25, 0.3) is 0 Å². The molecule has 1 rings (SSSR count). The number of carboxylic acid groups (broad SMARTS) is 1. The van der Waals surface area contributed by atoms with Crippen molar-refractivity contribution in [3.05, 3.63) is 28.7 Å². The summed E-state index contributed by atoms with van der Waals surface area (Å²) >= 11 is 3.29. The Kier molecular flexibility index (Phi) is 4.32. The summed E-state index contributed by atoms with van der Waals surface area (Å²) in [7, 11) is 0. The quantitative estimate of drug-likeness (QED) is 0.870. The summed E-state index contributed by atoms with van der Waals surface area (Å²) in [6.07, 6.45) is -0.344. The van der Waals surface area contributed by atoms with E-state index in [0.29, 0.717) is 5.75 Å². The molecule has 16 heavy (non-hydrogen) atoms. The third-order valence-corrected chi connectivity index (χ3v) is 2.42. The molecule has 1 aromatic carbocycles. The Morgan fingerprint density at radius 3 is 2.50 bits per heavy atom. The molecule has 1 aromatic rings. The van der Waals surface area contributed by atoms with Gasteiger partial charge in [0.05, 0.1) is 6.42 Å². The lowest BCUT2D eigenvalue weighted by atomic mass is 10.0. The maximum atomic E-state index is 10.4. The third-order valence-electron chi connectivity index (χ3n) is 1.90. The molecule has 0 radical (unpaired) electrons. The monoisotopic (exact) mass is 288 g/mol. The minimum absolute atomic E-state index is 0.0546. The molecule has 0 saturated heterocycles. The zero-order chi connectivity index (χ0) is 12.2. The van der Waals surface area contributed by atoms with Gasteiger partial charge in [0.2, 0.25) is 0 Å². The van der Waals surface area contributed by atoms with E-state index >= 15 is 0 Å². The molecule has 0 saturated carbocycles. The van der Waals surface area contributed by atoms with Crippen LogP contribution in [0, 0.1) is 0 Å². The third kappa shape index (κ3) is 4.63. The summed E-state index contributed by atoms with van der Waals surface area (Å²) in [6, 6.07) is 7.09. The molecule has 1 unspecified atom stereocenters. The molecule has 0 aromatic heterocycles. The standard InChI is InChI=1S/C11H13BrO4/c1-11(15,6-10(13)14)7-16-9-4-2-8(12)3-5-9/h2-5,15H,6-7H2,1H3,(H,13,14). The Morgan fingerprint density at radius 1 is 1.44 bits per heavy atom. The van der Waals surface area contributed by atoms with Crippen LogP contribution in [-0.2, 0) is 4.79 Å². The van der Waals surface area contributed by atoms with Crippen molar-refractivity contribution in [3.63, 3.8) is 0 Å². The first-order chi connectivity index (χ1) is 7.39. The molecule has 0 aliphatic rings. The summed E-state index contributed by atoms with van der Waals surface area (Å²) in [6.45, 7) is 1.38. The first kappa shape index (κ1) is 13.0. The molecule has 4 nitrogen and oxygen atoms in total. The molecule has 1 atom stereocenters. The van der Waals surface area contributed by atoms with Crippen molar-refractivity contribution in [2.24, 2.45) is 0 Å². The number of aliphatic hydroxyl groups is 1. The molecule has 0 aliphatic heterocycles. The fourth-order valence-corrected chi connectivity index (χ4v) is 1.41. The van der Waals surface area contributed by atoms with Crippen LogP contribution in [0.5, 0.6) is 5.75 Å². The van der Waals surface area contributed by atoms with Crippen LogP contribution < -0.4 is 4.74 Å². The fourth-order valence-electron chi connectivity index (χ4n) is 1.15. The number of carbonyl (C=O) groups is 1. The highest BCUT2D eigenvalue weighted by molar-refractivity contribution is 9.10. The topological polar surface area (TPSA) is 66.8 Å². The van der Waals surface area contributed by atoms with Crippen LogP contribution in [0.15, 0.2) is 28.7 Å². The number of ether oxygens (including phenoxy) is 1. The van der Waals surface area contributed by atoms with Gasteiger partial charge in [-0.25, -0.2) is 0 Å². The summed E-state index contributed by atoms with van der Waals surface area (Å²) in [5.41, 5.74) is -1.36. The number of carboxylic acids is 1. The minimum atomic E-state index is -1.36. The number of hydrogen-bond donors (Lipinski definition) is 2. The first-order valence-corrected chi connectivity index (χ1v) is 5.51. The van der Waals surface area contributed by atoms with Crippen LogP contribution >= 0.6 is 15.9 Å². The van der Waals surface area contributed by atoms with Gasteiger partial charge in [-0.15, -0.1) is 0 Å². The predicted molar refractivity (Wildman–Crippen MR) is 62.5 cm³/mol. The minimum Gasteiger partial charge on any atom is -0.491 e. The summed E-state index contributed by atoms with van der Waals surface area (Å²) in [5.74, 6) is -0.460. The Bertz CT molecular complexity index is 359. The van der Waals surface area contributed by atoms with Crippen molar-refractivity contribution in [2.75, 3.05) is 6.61 Å². The maximum Gasteiger partial charge on any atom is 0.306 e. The van der Waals surface area contributed by atoms with E-state index in [-0.39, 0.29) is 13.0 Å². The lowest BCUT2D eigenvalue weighted by Gasteiger charge is -2.21. The predicted octanol–water partition coefficient (Wildman–Crippen LogP) is 2.05. The Balaban J connectivity index is 2.50. The fraction of sp³-hybridized carbons (Fsp3) is 0.364. The van der Waals surface area contributed by atoms with Crippen LogP contribution in [0.25, 0.3) is 0 Å². The van der Waals surface area contributed by atoms with E-state index in [2.05, 4.69) is 15.9 Å². The summed E-state index contributed by atoms with van der Waals surface area (Å²) in [5, 5.41) is 18.2. The highest BCUT2D eigenvalue weighted by Gasteiger charge is 2.25. The van der Waals surface area contributed by atoms with Gasteiger partial charge in [0.1, 0.15) is 18.0 Å². The normalized spacial score (nSPS) is 14.2. The van der Waals surface area contributed by atoms with E-state index < -0.39 is 11.6 Å². The zero-order valence-corrected chi connectivity index (χ0v) is 10.4. The van der Waals surface area contributed by atoms with E-state index in [0.717, 1.165) is 4.47 Å². The second-order valence-corrected chi connectivity index (χ2v) is 4.73. The Hall–Kier alpha value is -1.07. The first-order valence-electron chi connectivity index (χ1n) is 4.72. The number of aliphatic carboxylic acids is 1. The SMILES string of the molecule is CC(O)(COc1ccc(Br)cc1)CC(=O)O. The Labute approximate surface area is 102 Å². The van der Waals surface area contributed by atoms with E-state index in [1.54, 1.807) is 24.3 Å². The highest BCUT2D eigenvalue weighted by Crippen LogP contribution is 2.18. The molecule has 0 aliphatic carbocycles. The molecule has 0 spiro atoms. The lowest BCUT2D eigenvalue weighted by Crippen LogP contribution is -2.34. The second kappa shape index (κ2) is 5.32. The number of hydrogen-bond acceptors (Lipinski definition) is 3. The largest absolute Gasteiger partial charge is 0.491 e. The van der Waals surface area contributed by atoms with E-state index in [9.17, 15) is 9.90 Å². The number of benzene rings is 1. The average molecular weight is 289 g/mol. The van der Waals surface area contributed by atoms with Crippen molar-refractivity contribution in [2.45, 2.75) is 18.9 Å². The molecule has 5 heteroatoms. The molecule has 0 bridgehead atoms. The molecule has 88 valence electrons. The average Bonchev–Trinajstić information content (AvgIpc) is 2.15. The summed E-state index contributed by atoms with van der Waals surface area (Å²) < 4.78 is 6.22. The number of rotatable bonds is 5. The van der Waals surface area contributed by atoms with Gasteiger partial charge < -0.3 is 14.9 Å². The van der Waals surface area contributed by atoms with Crippen LogP contribution in [0.1, 0.15) is 13.3 Å². The second-order valence-electron chi connectivity index (χ2n) is 3.81. The van der Waals surface area contributed by atoms with Gasteiger partial charge in [-0.1, -0.05) is 15.9 Å². The van der Waals surface area contributed by atoms with Crippen molar-refractivity contribution in [3.8, 4) is 5.75 Å². The van der Waals surface area contributed by atoms with E-state index in [1.807, 2.05) is 0 Å². The van der Waals surface area contributed by atoms with Crippen molar-refractivity contribution < 1.29 is 19.7 Å². The van der Waals surface area contributed by atoms with Gasteiger partial charge in [-0.05, 0) is 31.2 Å². The molecule has 2 N–H and O–H groups in total. The van der Waals surface area contributed by atoms with Crippen molar-refractivity contribution in [1.29, 1.82) is 0 Å². The van der Waals surface area contributed by atoms with Gasteiger partial charge in [-0.3, -0.25) is 4.79 Å². The van der Waals surface area contributed by atoms with E-state index in [4.69, 9.17) is 9.84 Å².